The Labute approximate surface area is 180 Å². The molecule has 8 heteroatoms. The first-order valence-corrected chi connectivity index (χ1v) is 12.0. The minimum Gasteiger partial charge on any atom is -0.490 e. The molecule has 0 saturated carbocycles. The highest BCUT2D eigenvalue weighted by molar-refractivity contribution is 9.10. The second kappa shape index (κ2) is 10.6. The van der Waals surface area contributed by atoms with Crippen molar-refractivity contribution >= 4 is 31.7 Å². The summed E-state index contributed by atoms with van der Waals surface area (Å²) in [7, 11) is -3.59. The van der Waals surface area contributed by atoms with E-state index in [-0.39, 0.29) is 11.8 Å². The van der Waals surface area contributed by atoms with Crippen LogP contribution in [0, 0.1) is 0 Å². The number of benzene rings is 2. The number of rotatable bonds is 10. The van der Waals surface area contributed by atoms with E-state index in [9.17, 15) is 13.2 Å². The van der Waals surface area contributed by atoms with Gasteiger partial charge in [-0.15, -0.1) is 0 Å². The number of nitrogens with one attached hydrogen (secondary N) is 1. The van der Waals surface area contributed by atoms with Crippen molar-refractivity contribution in [1.82, 2.24) is 5.32 Å². The van der Waals surface area contributed by atoms with Gasteiger partial charge in [0, 0.05) is 4.47 Å². The molecule has 0 radical (unpaired) electrons. The van der Waals surface area contributed by atoms with E-state index in [1.807, 2.05) is 26.0 Å². The highest BCUT2D eigenvalue weighted by Crippen LogP contribution is 2.30. The second-order valence-corrected chi connectivity index (χ2v) is 9.50. The maximum absolute atomic E-state index is 12.4. The van der Waals surface area contributed by atoms with Crippen LogP contribution in [0.4, 0.5) is 0 Å². The van der Waals surface area contributed by atoms with Crippen LogP contribution < -0.4 is 14.8 Å². The third-order valence-corrected chi connectivity index (χ3v) is 6.04. The van der Waals surface area contributed by atoms with Gasteiger partial charge in [0.1, 0.15) is 5.75 Å². The molecule has 0 aliphatic heterocycles. The van der Waals surface area contributed by atoms with Crippen molar-refractivity contribution in [3.63, 3.8) is 0 Å². The first-order chi connectivity index (χ1) is 13.7. The minimum atomic E-state index is -3.59. The van der Waals surface area contributed by atoms with E-state index >= 15 is 0 Å². The van der Waals surface area contributed by atoms with E-state index in [0.29, 0.717) is 30.3 Å². The summed E-state index contributed by atoms with van der Waals surface area (Å²) in [5.74, 6) is -0.0758. The lowest BCUT2D eigenvalue weighted by Crippen LogP contribution is -2.32. The smallest absolute Gasteiger partial charge is 0.235 e. The molecule has 158 valence electrons. The fraction of sp³-hybridized carbons (Fsp3) is 0.381. The highest BCUT2D eigenvalue weighted by Gasteiger charge is 2.20. The molecule has 0 heterocycles. The number of halogens is 1. The molecular formula is C21H26BrNO5S. The van der Waals surface area contributed by atoms with Crippen LogP contribution in [-0.2, 0) is 20.4 Å². The average Bonchev–Trinajstić information content (AvgIpc) is 2.62. The summed E-state index contributed by atoms with van der Waals surface area (Å²) in [5.41, 5.74) is 1.43. The zero-order valence-electron chi connectivity index (χ0n) is 16.8. The Balaban J connectivity index is 2.03. The average molecular weight is 484 g/mol. The topological polar surface area (TPSA) is 81.7 Å². The standard InChI is InChI=1S/C21H26BrNO5S/c1-4-27-19-10-9-17(12-20(19)28-5-2)15(3)23-21(24)14-29(25,26)13-16-7-6-8-18(22)11-16/h6-12,15H,4-5,13-14H2,1-3H3,(H,23,24). The maximum Gasteiger partial charge on any atom is 0.235 e. The summed E-state index contributed by atoms with van der Waals surface area (Å²) in [6, 6.07) is 12.1. The van der Waals surface area contributed by atoms with Gasteiger partial charge >= 0.3 is 0 Å². The fourth-order valence-corrected chi connectivity index (χ4v) is 4.55. The van der Waals surface area contributed by atoms with Gasteiger partial charge in [-0.3, -0.25) is 4.79 Å². The van der Waals surface area contributed by atoms with Crippen LogP contribution in [0.2, 0.25) is 0 Å². The Morgan fingerprint density at radius 2 is 1.76 bits per heavy atom. The van der Waals surface area contributed by atoms with Crippen LogP contribution in [0.1, 0.15) is 37.9 Å². The monoisotopic (exact) mass is 483 g/mol. The molecule has 1 unspecified atom stereocenters. The predicted molar refractivity (Wildman–Crippen MR) is 117 cm³/mol. The van der Waals surface area contributed by atoms with Gasteiger partial charge in [-0.25, -0.2) is 8.42 Å². The van der Waals surface area contributed by atoms with Gasteiger partial charge in [0.15, 0.2) is 21.3 Å². The van der Waals surface area contributed by atoms with Crippen molar-refractivity contribution in [1.29, 1.82) is 0 Å². The zero-order valence-corrected chi connectivity index (χ0v) is 19.2. The maximum atomic E-state index is 12.4. The molecule has 0 aliphatic rings. The van der Waals surface area contributed by atoms with E-state index < -0.39 is 21.5 Å². The molecule has 2 rings (SSSR count). The summed E-state index contributed by atoms with van der Waals surface area (Å²) in [6.45, 7) is 6.56. The molecule has 0 bridgehead atoms. The molecule has 1 atom stereocenters. The van der Waals surface area contributed by atoms with Crippen molar-refractivity contribution in [3.8, 4) is 11.5 Å². The molecular weight excluding hydrogens is 458 g/mol. The molecule has 0 aromatic heterocycles. The number of carbonyl (C=O) groups is 1. The minimum absolute atomic E-state index is 0.189. The van der Waals surface area contributed by atoms with Crippen LogP contribution in [0.15, 0.2) is 46.9 Å². The molecule has 0 aliphatic carbocycles. The van der Waals surface area contributed by atoms with E-state index in [1.54, 1.807) is 37.3 Å². The lowest BCUT2D eigenvalue weighted by atomic mass is 10.1. The molecule has 0 saturated heterocycles. The van der Waals surface area contributed by atoms with Gasteiger partial charge in [-0.2, -0.15) is 0 Å². The molecule has 29 heavy (non-hydrogen) atoms. The van der Waals surface area contributed by atoms with Gasteiger partial charge in [0.25, 0.3) is 0 Å². The van der Waals surface area contributed by atoms with Crippen LogP contribution in [0.3, 0.4) is 0 Å². The van der Waals surface area contributed by atoms with Crippen molar-refractivity contribution < 1.29 is 22.7 Å². The summed E-state index contributed by atoms with van der Waals surface area (Å²) in [5, 5.41) is 2.75. The lowest BCUT2D eigenvalue weighted by molar-refractivity contribution is -0.119. The molecule has 2 aromatic rings. The summed E-state index contributed by atoms with van der Waals surface area (Å²) in [4.78, 5) is 12.3. The van der Waals surface area contributed by atoms with Crippen LogP contribution in [0.5, 0.6) is 11.5 Å². The van der Waals surface area contributed by atoms with Gasteiger partial charge in [0.05, 0.1) is 25.0 Å². The molecule has 2 aromatic carbocycles. The van der Waals surface area contributed by atoms with E-state index in [0.717, 1.165) is 10.0 Å². The number of hydrogen-bond acceptors (Lipinski definition) is 5. The number of hydrogen-bond donors (Lipinski definition) is 1. The number of carbonyl (C=O) groups excluding carboxylic acids is 1. The molecule has 6 nitrogen and oxygen atoms in total. The van der Waals surface area contributed by atoms with Gasteiger partial charge in [-0.05, 0) is 56.2 Å². The van der Waals surface area contributed by atoms with Crippen molar-refractivity contribution in [2.45, 2.75) is 32.6 Å². The molecule has 1 amide bonds. The van der Waals surface area contributed by atoms with Crippen LogP contribution in [0.25, 0.3) is 0 Å². The van der Waals surface area contributed by atoms with Crippen molar-refractivity contribution in [2.75, 3.05) is 19.0 Å². The molecule has 0 spiro atoms. The lowest BCUT2D eigenvalue weighted by Gasteiger charge is -2.17. The van der Waals surface area contributed by atoms with Gasteiger partial charge in [-0.1, -0.05) is 34.1 Å². The zero-order chi connectivity index (χ0) is 21.4. The third-order valence-electron chi connectivity index (χ3n) is 4.07. The Hall–Kier alpha value is -2.06. The van der Waals surface area contributed by atoms with Crippen LogP contribution >= 0.6 is 15.9 Å². The Kier molecular flexibility index (Phi) is 8.52. The third kappa shape index (κ3) is 7.36. The van der Waals surface area contributed by atoms with E-state index in [4.69, 9.17) is 9.47 Å². The first kappa shape index (κ1) is 23.2. The van der Waals surface area contributed by atoms with Crippen molar-refractivity contribution in [2.24, 2.45) is 0 Å². The normalized spacial score (nSPS) is 12.3. The number of amides is 1. The largest absolute Gasteiger partial charge is 0.490 e. The van der Waals surface area contributed by atoms with Crippen LogP contribution in [-0.4, -0.2) is 33.3 Å². The number of ether oxygens (including phenoxy) is 2. The van der Waals surface area contributed by atoms with E-state index in [1.165, 1.54) is 0 Å². The molecule has 0 fully saturated rings. The predicted octanol–water partition coefficient (Wildman–Crippen LogP) is 4.04. The Bertz CT molecular complexity index is 946. The van der Waals surface area contributed by atoms with E-state index in [2.05, 4.69) is 21.2 Å². The van der Waals surface area contributed by atoms with Gasteiger partial charge in [0.2, 0.25) is 5.91 Å². The Morgan fingerprint density at radius 1 is 1.07 bits per heavy atom. The number of sulfone groups is 1. The van der Waals surface area contributed by atoms with Crippen molar-refractivity contribution in [3.05, 3.63) is 58.1 Å². The SMILES string of the molecule is CCOc1ccc(C(C)NC(=O)CS(=O)(=O)Cc2cccc(Br)c2)cc1OCC. The molecule has 1 N–H and O–H groups in total. The fourth-order valence-electron chi connectivity index (χ4n) is 2.83. The van der Waals surface area contributed by atoms with Gasteiger partial charge < -0.3 is 14.8 Å². The summed E-state index contributed by atoms with van der Waals surface area (Å²) >= 11 is 3.32. The highest BCUT2D eigenvalue weighted by atomic mass is 79.9. The first-order valence-electron chi connectivity index (χ1n) is 9.37. The Morgan fingerprint density at radius 3 is 2.41 bits per heavy atom. The quantitative estimate of drug-likeness (QED) is 0.551. The second-order valence-electron chi connectivity index (χ2n) is 6.52. The summed E-state index contributed by atoms with van der Waals surface area (Å²) in [6.07, 6.45) is 0. The summed E-state index contributed by atoms with van der Waals surface area (Å²) < 4.78 is 36.7.